The van der Waals surface area contributed by atoms with Crippen molar-refractivity contribution in [2.75, 3.05) is 31.0 Å². The van der Waals surface area contributed by atoms with Gasteiger partial charge in [-0.15, -0.1) is 5.10 Å². The number of halogens is 1. The van der Waals surface area contributed by atoms with Crippen LogP contribution in [0.1, 0.15) is 29.8 Å². The van der Waals surface area contributed by atoms with Gasteiger partial charge in [0, 0.05) is 42.1 Å². The molecule has 0 saturated heterocycles. The number of sulfone groups is 1. The Morgan fingerprint density at radius 2 is 1.92 bits per heavy atom. The van der Waals surface area contributed by atoms with Crippen LogP contribution >= 0.6 is 0 Å². The minimum absolute atomic E-state index is 0.00534. The lowest BCUT2D eigenvalue weighted by molar-refractivity contribution is 0.0942. The molecule has 0 fully saturated rings. The number of anilines is 1. The summed E-state index contributed by atoms with van der Waals surface area (Å²) in [5.74, 6) is -0.452. The minimum atomic E-state index is -3.20. The number of hydrogen-bond donors (Lipinski definition) is 2. The molecule has 0 unspecified atom stereocenters. The van der Waals surface area contributed by atoms with E-state index in [1.807, 2.05) is 26.8 Å². The Morgan fingerprint density at radius 1 is 1.15 bits per heavy atom. The van der Waals surface area contributed by atoms with E-state index in [9.17, 15) is 17.6 Å². The van der Waals surface area contributed by atoms with Crippen molar-refractivity contribution < 1.29 is 27.1 Å². The summed E-state index contributed by atoms with van der Waals surface area (Å²) in [5, 5.41) is 10.5. The summed E-state index contributed by atoms with van der Waals surface area (Å²) in [6.45, 7) is 5.77. The molecule has 0 aliphatic heterocycles. The highest BCUT2D eigenvalue weighted by atomic mass is 32.2. The smallest absolute Gasteiger partial charge is 0.251 e. The molecule has 39 heavy (non-hydrogen) atoms. The van der Waals surface area contributed by atoms with Crippen molar-refractivity contribution in [3.05, 3.63) is 65.6 Å². The first-order valence-corrected chi connectivity index (χ1v) is 14.2. The number of methoxy groups -OCH3 is 1. The molecule has 2 aromatic carbocycles. The molecule has 10 nitrogen and oxygen atoms in total. The fourth-order valence-electron chi connectivity index (χ4n) is 3.94. The Balaban J connectivity index is 1.75. The number of aryl methyl sites for hydroxylation is 1. The van der Waals surface area contributed by atoms with Gasteiger partial charge < -0.3 is 20.1 Å². The highest BCUT2D eigenvalue weighted by molar-refractivity contribution is 7.90. The van der Waals surface area contributed by atoms with Crippen molar-refractivity contribution in [2.45, 2.75) is 26.8 Å². The lowest BCUT2D eigenvalue weighted by atomic mass is 10.0. The monoisotopic (exact) mass is 555 g/mol. The van der Waals surface area contributed by atoms with Crippen LogP contribution in [0.25, 0.3) is 16.9 Å². The maximum atomic E-state index is 14.3. The normalized spacial score (nSPS) is 11.6. The highest BCUT2D eigenvalue weighted by Crippen LogP contribution is 2.31. The number of imidazole rings is 1. The third-order valence-corrected chi connectivity index (χ3v) is 6.71. The van der Waals surface area contributed by atoms with Gasteiger partial charge in [-0.2, -0.15) is 0 Å². The number of aromatic nitrogens is 3. The number of nitrogens with one attached hydrogen (secondary N) is 2. The summed E-state index contributed by atoms with van der Waals surface area (Å²) in [6.07, 6.45) is 2.79. The van der Waals surface area contributed by atoms with Gasteiger partial charge in [0.15, 0.2) is 17.2 Å². The van der Waals surface area contributed by atoms with Gasteiger partial charge in [-0.1, -0.05) is 6.07 Å². The first-order valence-electron chi connectivity index (χ1n) is 12.2. The van der Waals surface area contributed by atoms with E-state index >= 15 is 0 Å². The average Bonchev–Trinajstić information content (AvgIpc) is 3.27. The van der Waals surface area contributed by atoms with Gasteiger partial charge in [-0.05, 0) is 50.6 Å². The van der Waals surface area contributed by atoms with Crippen LogP contribution in [0.15, 0.2) is 48.7 Å². The lowest BCUT2D eigenvalue weighted by Crippen LogP contribution is -2.30. The van der Waals surface area contributed by atoms with E-state index in [0.29, 0.717) is 22.6 Å². The van der Waals surface area contributed by atoms with Crippen molar-refractivity contribution in [3.63, 3.8) is 0 Å². The Hall–Kier alpha value is -4.19. The summed E-state index contributed by atoms with van der Waals surface area (Å²) in [7, 11) is -1.83. The second-order valence-electron chi connectivity index (χ2n) is 9.39. The van der Waals surface area contributed by atoms with Gasteiger partial charge in [0.25, 0.3) is 5.91 Å². The summed E-state index contributed by atoms with van der Waals surface area (Å²) < 4.78 is 50.0. The van der Waals surface area contributed by atoms with Crippen LogP contribution < -0.4 is 20.1 Å². The Labute approximate surface area is 226 Å². The van der Waals surface area contributed by atoms with Gasteiger partial charge in [0.05, 0.1) is 30.4 Å². The topological polar surface area (TPSA) is 124 Å². The van der Waals surface area contributed by atoms with Crippen LogP contribution in [-0.4, -0.2) is 60.6 Å². The fraction of sp³-hybridized carbons (Fsp3) is 0.296. The number of amides is 1. The van der Waals surface area contributed by atoms with E-state index in [0.717, 1.165) is 17.4 Å². The molecular formula is C27H30FN5O5S. The Morgan fingerprint density at radius 3 is 2.56 bits per heavy atom. The molecule has 2 N–H and O–H groups in total. The van der Waals surface area contributed by atoms with Crippen molar-refractivity contribution in [3.8, 4) is 28.6 Å². The maximum Gasteiger partial charge on any atom is 0.251 e. The summed E-state index contributed by atoms with van der Waals surface area (Å²) in [4.78, 5) is 17.0. The van der Waals surface area contributed by atoms with Gasteiger partial charge in [0.2, 0.25) is 5.88 Å². The molecule has 0 radical (unpaired) electrons. The van der Waals surface area contributed by atoms with E-state index in [1.165, 1.54) is 19.2 Å². The molecule has 0 aliphatic carbocycles. The third kappa shape index (κ3) is 6.63. The number of fused-ring (bicyclic) bond motifs is 1. The molecule has 2 aromatic heterocycles. The van der Waals surface area contributed by atoms with E-state index in [4.69, 9.17) is 9.47 Å². The molecule has 0 spiro atoms. The van der Waals surface area contributed by atoms with Crippen molar-refractivity contribution in [1.82, 2.24) is 19.9 Å². The maximum absolute atomic E-state index is 14.3. The largest absolute Gasteiger partial charge is 0.494 e. The summed E-state index contributed by atoms with van der Waals surface area (Å²) >= 11 is 0. The standard InChI is InChI=1S/C27H30FN5O5S/c1-16(2)31-27(34)20-8-6-18(12-17(20)3)23-15-30-26-22(29-10-11-39(5,35)36)14-25(32-33(23)26)38-19-7-9-24(37-4)21(28)13-19/h6-9,12-16,29H,10-11H2,1-5H3,(H,31,34). The van der Waals surface area contributed by atoms with E-state index in [2.05, 4.69) is 20.7 Å². The average molecular weight is 556 g/mol. The van der Waals surface area contributed by atoms with Gasteiger partial charge >= 0.3 is 0 Å². The number of hydrogen-bond acceptors (Lipinski definition) is 8. The zero-order valence-corrected chi connectivity index (χ0v) is 23.1. The van der Waals surface area contributed by atoms with E-state index < -0.39 is 15.7 Å². The molecule has 206 valence electrons. The first kappa shape index (κ1) is 27.8. The number of ether oxygens (including phenoxy) is 2. The number of nitrogens with zero attached hydrogens (tertiary/aromatic N) is 3. The number of carbonyl (C=O) groups excluding carboxylic acids is 1. The van der Waals surface area contributed by atoms with Crippen LogP contribution in [0.5, 0.6) is 17.4 Å². The third-order valence-electron chi connectivity index (χ3n) is 5.77. The van der Waals surface area contributed by atoms with Crippen LogP contribution in [0.3, 0.4) is 0 Å². The number of rotatable bonds is 10. The van der Waals surface area contributed by atoms with Gasteiger partial charge in [-0.3, -0.25) is 4.79 Å². The second kappa shape index (κ2) is 11.3. The van der Waals surface area contributed by atoms with Gasteiger partial charge in [-0.25, -0.2) is 22.3 Å². The van der Waals surface area contributed by atoms with Crippen molar-refractivity contribution >= 4 is 27.1 Å². The number of carbonyl (C=O) groups is 1. The van der Waals surface area contributed by atoms with Crippen LogP contribution in [0.2, 0.25) is 0 Å². The van der Waals surface area contributed by atoms with Gasteiger partial charge in [0.1, 0.15) is 15.6 Å². The molecule has 0 bridgehead atoms. The Kier molecular flexibility index (Phi) is 8.05. The SMILES string of the molecule is COc1ccc(Oc2cc(NCCS(C)(=O)=O)c3ncc(-c4ccc(C(=O)NC(C)C)c(C)c4)n3n2)cc1F. The molecular weight excluding hydrogens is 525 g/mol. The second-order valence-corrected chi connectivity index (χ2v) is 11.6. The van der Waals surface area contributed by atoms with Crippen LogP contribution in [-0.2, 0) is 9.84 Å². The molecule has 0 atom stereocenters. The molecule has 2 heterocycles. The van der Waals surface area contributed by atoms with Crippen LogP contribution in [0, 0.1) is 12.7 Å². The van der Waals surface area contributed by atoms with Crippen molar-refractivity contribution in [2.24, 2.45) is 0 Å². The molecule has 12 heteroatoms. The van der Waals surface area contributed by atoms with E-state index in [-0.39, 0.29) is 41.6 Å². The molecule has 0 aliphatic rings. The minimum Gasteiger partial charge on any atom is -0.494 e. The molecule has 0 saturated carbocycles. The molecule has 1 amide bonds. The highest BCUT2D eigenvalue weighted by Gasteiger charge is 2.17. The zero-order valence-electron chi connectivity index (χ0n) is 22.3. The van der Waals surface area contributed by atoms with Crippen LogP contribution in [0.4, 0.5) is 10.1 Å². The molecule has 4 rings (SSSR count). The Bertz CT molecular complexity index is 1640. The quantitative estimate of drug-likeness (QED) is 0.298. The molecule has 4 aromatic rings. The zero-order chi connectivity index (χ0) is 28.3. The summed E-state index contributed by atoms with van der Waals surface area (Å²) in [5.41, 5.74) is 3.61. The lowest BCUT2D eigenvalue weighted by Gasteiger charge is -2.13. The van der Waals surface area contributed by atoms with E-state index in [1.54, 1.807) is 35.0 Å². The first-order chi connectivity index (χ1) is 18.4. The fourth-order valence-corrected chi connectivity index (χ4v) is 4.42. The number of benzene rings is 2. The summed E-state index contributed by atoms with van der Waals surface area (Å²) in [6, 6.07) is 11.2. The predicted octanol–water partition coefficient (Wildman–Crippen LogP) is 4.24. The van der Waals surface area contributed by atoms with Crippen molar-refractivity contribution in [1.29, 1.82) is 0 Å². The predicted molar refractivity (Wildman–Crippen MR) is 147 cm³/mol.